The summed E-state index contributed by atoms with van der Waals surface area (Å²) < 4.78 is 30.3. The largest absolute Gasteiger partial charge is 0.361 e. The summed E-state index contributed by atoms with van der Waals surface area (Å²) in [6.07, 6.45) is 4.56. The molecule has 0 bridgehead atoms. The Morgan fingerprint density at radius 2 is 2.29 bits per heavy atom. The van der Waals surface area contributed by atoms with Gasteiger partial charge in [0.25, 0.3) is 5.91 Å². The van der Waals surface area contributed by atoms with Crippen LogP contribution in [0, 0.1) is 12.8 Å². The third kappa shape index (κ3) is 5.79. The SMILES string of the molecule is Cc1cc(CSc2ncccc2C(=O)N2CCC[C@@H](CNS(C)(=O)=O)C2)no1. The monoisotopic (exact) mass is 424 g/mol. The molecule has 1 aliphatic rings. The first-order chi connectivity index (χ1) is 13.3. The summed E-state index contributed by atoms with van der Waals surface area (Å²) in [7, 11) is -3.23. The average Bonchev–Trinajstić information content (AvgIpc) is 3.09. The summed E-state index contributed by atoms with van der Waals surface area (Å²) in [5.41, 5.74) is 1.36. The maximum atomic E-state index is 13.1. The first-order valence-electron chi connectivity index (χ1n) is 9.06. The molecule has 0 aromatic carbocycles. The van der Waals surface area contributed by atoms with Crippen LogP contribution in [0.3, 0.4) is 0 Å². The molecule has 8 nitrogen and oxygen atoms in total. The highest BCUT2D eigenvalue weighted by atomic mass is 32.2. The van der Waals surface area contributed by atoms with Crippen LogP contribution >= 0.6 is 11.8 Å². The molecule has 0 spiro atoms. The first-order valence-corrected chi connectivity index (χ1v) is 11.9. The Balaban J connectivity index is 1.66. The topological polar surface area (TPSA) is 105 Å². The number of likely N-dealkylation sites (tertiary alicyclic amines) is 1. The van der Waals surface area contributed by atoms with E-state index in [-0.39, 0.29) is 11.8 Å². The van der Waals surface area contributed by atoms with Gasteiger partial charge in [0.1, 0.15) is 10.8 Å². The minimum absolute atomic E-state index is 0.0732. The standard InChI is InChI=1S/C18H24N4O4S2/c1-13-9-15(21-26-13)12-27-17-16(6-3-7-19-17)18(23)22-8-4-5-14(11-22)10-20-28(2,24)25/h3,6-7,9,14,20H,4-5,8,10-12H2,1-2H3/t14-/m0/s1. The lowest BCUT2D eigenvalue weighted by Gasteiger charge is -2.33. The van der Waals surface area contributed by atoms with Gasteiger partial charge in [-0.05, 0) is 37.8 Å². The fraction of sp³-hybridized carbons (Fsp3) is 0.500. The lowest BCUT2D eigenvalue weighted by molar-refractivity contribution is 0.0672. The van der Waals surface area contributed by atoms with Gasteiger partial charge in [-0.3, -0.25) is 4.79 Å². The van der Waals surface area contributed by atoms with Crippen molar-refractivity contribution in [1.82, 2.24) is 19.8 Å². The zero-order valence-corrected chi connectivity index (χ0v) is 17.6. The van der Waals surface area contributed by atoms with Gasteiger partial charge in [0.2, 0.25) is 10.0 Å². The second kappa shape index (κ2) is 9.06. The highest BCUT2D eigenvalue weighted by Gasteiger charge is 2.26. The molecule has 28 heavy (non-hydrogen) atoms. The van der Waals surface area contributed by atoms with Crippen molar-refractivity contribution in [2.24, 2.45) is 5.92 Å². The first kappa shape index (κ1) is 20.8. The molecule has 3 rings (SSSR count). The van der Waals surface area contributed by atoms with Crippen molar-refractivity contribution in [3.8, 4) is 0 Å². The molecular formula is C18H24N4O4S2. The molecule has 3 heterocycles. The lowest BCUT2D eigenvalue weighted by atomic mass is 9.98. The van der Waals surface area contributed by atoms with E-state index in [2.05, 4.69) is 14.9 Å². The zero-order valence-electron chi connectivity index (χ0n) is 15.9. The van der Waals surface area contributed by atoms with Crippen molar-refractivity contribution in [2.75, 3.05) is 25.9 Å². The van der Waals surface area contributed by atoms with Crippen LogP contribution < -0.4 is 4.72 Å². The van der Waals surface area contributed by atoms with Crippen LogP contribution in [0.25, 0.3) is 0 Å². The van der Waals surface area contributed by atoms with Crippen molar-refractivity contribution in [3.63, 3.8) is 0 Å². The molecule has 2 aromatic rings. The molecule has 0 saturated carbocycles. The smallest absolute Gasteiger partial charge is 0.256 e. The van der Waals surface area contributed by atoms with Crippen molar-refractivity contribution < 1.29 is 17.7 Å². The highest BCUT2D eigenvalue weighted by Crippen LogP contribution is 2.26. The third-order valence-corrected chi connectivity index (χ3v) is 6.21. The molecule has 1 saturated heterocycles. The predicted octanol–water partition coefficient (Wildman–Crippen LogP) is 2.07. The van der Waals surface area contributed by atoms with Gasteiger partial charge in [-0.1, -0.05) is 16.9 Å². The van der Waals surface area contributed by atoms with E-state index in [1.807, 2.05) is 13.0 Å². The van der Waals surface area contributed by atoms with Crippen LogP contribution in [-0.2, 0) is 15.8 Å². The summed E-state index contributed by atoms with van der Waals surface area (Å²) in [4.78, 5) is 19.2. The number of aromatic nitrogens is 2. The number of aryl methyl sites for hydroxylation is 1. The van der Waals surface area contributed by atoms with Gasteiger partial charge in [-0.25, -0.2) is 18.1 Å². The second-order valence-electron chi connectivity index (χ2n) is 6.95. The number of thioether (sulfide) groups is 1. The van der Waals surface area contributed by atoms with E-state index in [1.54, 1.807) is 23.2 Å². The van der Waals surface area contributed by atoms with Crippen LogP contribution in [-0.4, -0.2) is 55.3 Å². The Morgan fingerprint density at radius 3 is 3.00 bits per heavy atom. The number of carbonyl (C=O) groups excluding carboxylic acids is 1. The highest BCUT2D eigenvalue weighted by molar-refractivity contribution is 7.98. The van der Waals surface area contributed by atoms with Gasteiger partial charge in [0, 0.05) is 37.7 Å². The van der Waals surface area contributed by atoms with E-state index in [9.17, 15) is 13.2 Å². The molecule has 1 aliphatic heterocycles. The maximum Gasteiger partial charge on any atom is 0.256 e. The molecule has 1 N–H and O–H groups in total. The number of rotatable bonds is 7. The minimum Gasteiger partial charge on any atom is -0.361 e. The summed E-state index contributed by atoms with van der Waals surface area (Å²) in [6, 6.07) is 5.40. The third-order valence-electron chi connectivity index (χ3n) is 4.48. The van der Waals surface area contributed by atoms with Crippen LogP contribution in [0.4, 0.5) is 0 Å². The number of amides is 1. The summed E-state index contributed by atoms with van der Waals surface area (Å²) in [5, 5.41) is 4.63. The van der Waals surface area contributed by atoms with Crippen LogP contribution in [0.1, 0.15) is 34.7 Å². The fourth-order valence-corrected chi connectivity index (χ4v) is 4.56. The number of piperidine rings is 1. The molecule has 152 valence electrons. The predicted molar refractivity (Wildman–Crippen MR) is 107 cm³/mol. The summed E-state index contributed by atoms with van der Waals surface area (Å²) in [5.74, 6) is 1.35. The molecular weight excluding hydrogens is 400 g/mol. The van der Waals surface area contributed by atoms with Crippen molar-refractivity contribution in [2.45, 2.75) is 30.5 Å². The van der Waals surface area contributed by atoms with Gasteiger partial charge in [0.15, 0.2) is 0 Å². The number of pyridine rings is 1. The molecule has 1 fully saturated rings. The van der Waals surface area contributed by atoms with Crippen LogP contribution in [0.15, 0.2) is 33.9 Å². The molecule has 0 aliphatic carbocycles. The lowest BCUT2D eigenvalue weighted by Crippen LogP contribution is -2.43. The normalized spacial score (nSPS) is 17.6. The fourth-order valence-electron chi connectivity index (χ4n) is 3.15. The van der Waals surface area contributed by atoms with Gasteiger partial charge >= 0.3 is 0 Å². The van der Waals surface area contributed by atoms with Crippen molar-refractivity contribution in [1.29, 1.82) is 0 Å². The van der Waals surface area contributed by atoms with E-state index >= 15 is 0 Å². The Labute approximate surface area is 169 Å². The van der Waals surface area contributed by atoms with Gasteiger partial charge in [-0.2, -0.15) is 0 Å². The molecule has 0 unspecified atom stereocenters. The Morgan fingerprint density at radius 1 is 1.46 bits per heavy atom. The van der Waals surface area contributed by atoms with E-state index in [1.165, 1.54) is 11.8 Å². The molecule has 0 radical (unpaired) electrons. The van der Waals surface area contributed by atoms with Crippen LogP contribution in [0.5, 0.6) is 0 Å². The number of hydrogen-bond acceptors (Lipinski definition) is 7. The van der Waals surface area contributed by atoms with Gasteiger partial charge in [0.05, 0.1) is 17.5 Å². The second-order valence-corrected chi connectivity index (χ2v) is 9.75. The minimum atomic E-state index is -3.23. The van der Waals surface area contributed by atoms with Gasteiger partial charge in [-0.15, -0.1) is 0 Å². The molecule has 1 amide bonds. The van der Waals surface area contributed by atoms with Crippen molar-refractivity contribution in [3.05, 3.63) is 41.4 Å². The Bertz CT molecular complexity index is 929. The average molecular weight is 425 g/mol. The van der Waals surface area contributed by atoms with Crippen LogP contribution in [0.2, 0.25) is 0 Å². The summed E-state index contributed by atoms with van der Waals surface area (Å²) in [6.45, 7) is 3.38. The maximum absolute atomic E-state index is 13.1. The quantitative estimate of drug-likeness (QED) is 0.678. The Hall–Kier alpha value is -1.91. The number of nitrogens with zero attached hydrogens (tertiary/aromatic N) is 3. The number of sulfonamides is 1. The van der Waals surface area contributed by atoms with E-state index in [4.69, 9.17) is 4.52 Å². The Kier molecular flexibility index (Phi) is 6.73. The van der Waals surface area contributed by atoms with Gasteiger partial charge < -0.3 is 9.42 Å². The number of hydrogen-bond donors (Lipinski definition) is 1. The number of nitrogens with one attached hydrogen (secondary N) is 1. The van der Waals surface area contributed by atoms with E-state index in [0.717, 1.165) is 30.6 Å². The molecule has 10 heteroatoms. The van der Waals surface area contributed by atoms with E-state index in [0.29, 0.717) is 36.0 Å². The van der Waals surface area contributed by atoms with E-state index < -0.39 is 10.0 Å². The number of carbonyl (C=O) groups is 1. The molecule has 1 atom stereocenters. The summed E-state index contributed by atoms with van der Waals surface area (Å²) >= 11 is 1.45. The van der Waals surface area contributed by atoms with Crippen molar-refractivity contribution >= 4 is 27.7 Å². The molecule has 2 aromatic heterocycles. The zero-order chi connectivity index (χ0) is 20.1.